The van der Waals surface area contributed by atoms with Crippen LogP contribution in [0.5, 0.6) is 0 Å². The first-order valence-corrected chi connectivity index (χ1v) is 17.4. The summed E-state index contributed by atoms with van der Waals surface area (Å²) < 4.78 is 11.7. The zero-order valence-electron chi connectivity index (χ0n) is 29.7. The maximum absolute atomic E-state index is 12.8. The highest BCUT2D eigenvalue weighted by Crippen LogP contribution is 2.40. The van der Waals surface area contributed by atoms with Crippen molar-refractivity contribution >= 4 is 11.9 Å². The largest absolute Gasteiger partial charge is 0.465 e. The van der Waals surface area contributed by atoms with Crippen LogP contribution in [0.4, 0.5) is 0 Å². The Morgan fingerprint density at radius 3 is 1.79 bits per heavy atom. The average Bonchev–Trinajstić information content (AvgIpc) is 3.81. The number of hydrogen-bond donors (Lipinski definition) is 0. The minimum atomic E-state index is -0.896. The van der Waals surface area contributed by atoms with E-state index in [9.17, 15) is 9.59 Å². The lowest BCUT2D eigenvalue weighted by atomic mass is 9.77. The summed E-state index contributed by atoms with van der Waals surface area (Å²) in [6, 6.07) is 46.8. The molecular weight excluding hydrogens is 665 g/mol. The van der Waals surface area contributed by atoms with Gasteiger partial charge in [0, 0.05) is 12.0 Å². The molecule has 0 aliphatic carbocycles. The molecule has 53 heavy (non-hydrogen) atoms. The molecule has 0 saturated heterocycles. The molecule has 0 N–H and O–H groups in total. The van der Waals surface area contributed by atoms with Crippen molar-refractivity contribution in [3.05, 3.63) is 179 Å². The predicted molar refractivity (Wildman–Crippen MR) is 201 cm³/mol. The van der Waals surface area contributed by atoms with E-state index in [0.29, 0.717) is 29.2 Å². The predicted octanol–water partition coefficient (Wildman–Crippen LogP) is 7.29. The van der Waals surface area contributed by atoms with Crippen molar-refractivity contribution in [2.45, 2.75) is 32.4 Å². The van der Waals surface area contributed by atoms with Crippen molar-refractivity contribution in [3.8, 4) is 22.5 Å². The van der Waals surface area contributed by atoms with Gasteiger partial charge in [-0.05, 0) is 52.4 Å². The van der Waals surface area contributed by atoms with Crippen LogP contribution in [0.15, 0.2) is 140 Å². The molecule has 0 spiro atoms. The highest BCUT2D eigenvalue weighted by Gasteiger charge is 2.41. The number of benzene rings is 5. The number of aromatic nitrogens is 6. The Labute approximate surface area is 307 Å². The van der Waals surface area contributed by atoms with Gasteiger partial charge >= 0.3 is 11.9 Å². The summed E-state index contributed by atoms with van der Waals surface area (Å²) in [5.41, 5.74) is 7.14. The van der Waals surface area contributed by atoms with Gasteiger partial charge in [-0.3, -0.25) is 9.48 Å². The Bertz CT molecular complexity index is 2240. The fourth-order valence-corrected chi connectivity index (χ4v) is 6.91. The standard InChI is InChI=1S/C43H38N6O4/c1-4-53-39(50)29-48-38(40(30(2)45-48)42(51)52-3)28-31-24-26-32(27-25-31)36-22-14-15-23-37(36)41-44-47-49(46-41)43(33-16-8-5-9-17-33,34-18-10-6-11-19-34)35-20-12-7-13-21-35/h5-27H,4,28-29H2,1-3H3. The minimum Gasteiger partial charge on any atom is -0.465 e. The zero-order valence-corrected chi connectivity index (χ0v) is 29.7. The van der Waals surface area contributed by atoms with Gasteiger partial charge < -0.3 is 9.47 Å². The van der Waals surface area contributed by atoms with Crippen molar-refractivity contribution in [2.24, 2.45) is 0 Å². The zero-order chi connectivity index (χ0) is 36.8. The Morgan fingerprint density at radius 1 is 0.698 bits per heavy atom. The molecule has 0 radical (unpaired) electrons. The number of nitrogens with zero attached hydrogens (tertiary/aromatic N) is 6. The van der Waals surface area contributed by atoms with Gasteiger partial charge in [0.1, 0.15) is 12.1 Å². The van der Waals surface area contributed by atoms with Crippen LogP contribution in [0.25, 0.3) is 22.5 Å². The number of aryl methyl sites for hydroxylation is 1. The van der Waals surface area contributed by atoms with Crippen molar-refractivity contribution in [1.82, 2.24) is 30.0 Å². The molecule has 0 bridgehead atoms. The fourth-order valence-electron chi connectivity index (χ4n) is 6.91. The molecular formula is C43H38N6O4. The van der Waals surface area contributed by atoms with E-state index in [4.69, 9.17) is 19.8 Å². The molecule has 0 amide bonds. The number of esters is 2. The number of rotatable bonds is 12. The van der Waals surface area contributed by atoms with Crippen molar-refractivity contribution < 1.29 is 19.1 Å². The normalized spacial score (nSPS) is 11.3. The smallest absolute Gasteiger partial charge is 0.341 e. The van der Waals surface area contributed by atoms with Gasteiger partial charge in [-0.1, -0.05) is 140 Å². The SMILES string of the molecule is CCOC(=O)Cn1nc(C)c(C(=O)OC)c1Cc1ccc(-c2ccccc2-c2nnn(C(c3ccccc3)(c3ccccc3)c3ccccc3)n2)cc1. The van der Waals surface area contributed by atoms with E-state index in [-0.39, 0.29) is 13.2 Å². The first kappa shape index (κ1) is 34.8. The molecule has 0 aliphatic heterocycles. The molecule has 0 fully saturated rings. The van der Waals surface area contributed by atoms with E-state index in [2.05, 4.69) is 46.6 Å². The van der Waals surface area contributed by atoms with Crippen LogP contribution in [0.3, 0.4) is 0 Å². The summed E-state index contributed by atoms with van der Waals surface area (Å²) in [6.45, 7) is 3.62. The van der Waals surface area contributed by atoms with Crippen molar-refractivity contribution in [1.29, 1.82) is 0 Å². The van der Waals surface area contributed by atoms with E-state index in [0.717, 1.165) is 38.9 Å². The Balaban J connectivity index is 1.26. The number of hydrogen-bond acceptors (Lipinski definition) is 8. The van der Waals surface area contributed by atoms with Gasteiger partial charge in [-0.25, -0.2) is 4.79 Å². The molecule has 2 heterocycles. The van der Waals surface area contributed by atoms with Gasteiger partial charge in [0.05, 0.1) is 25.1 Å². The molecule has 10 heteroatoms. The maximum Gasteiger partial charge on any atom is 0.341 e. The first-order chi connectivity index (χ1) is 25.9. The summed E-state index contributed by atoms with van der Waals surface area (Å²) in [5, 5.41) is 19.0. The second-order valence-corrected chi connectivity index (χ2v) is 12.5. The lowest BCUT2D eigenvalue weighted by Gasteiger charge is -2.34. The molecule has 0 aliphatic rings. The molecule has 5 aromatic carbocycles. The first-order valence-electron chi connectivity index (χ1n) is 17.4. The lowest BCUT2D eigenvalue weighted by Crippen LogP contribution is -2.39. The summed E-state index contributed by atoms with van der Waals surface area (Å²) in [7, 11) is 1.33. The fraction of sp³-hybridized carbons (Fsp3) is 0.163. The molecule has 2 aromatic heterocycles. The van der Waals surface area contributed by atoms with Crippen LogP contribution < -0.4 is 0 Å². The Kier molecular flexibility index (Phi) is 10.0. The van der Waals surface area contributed by atoms with Crippen LogP contribution in [-0.4, -0.2) is 55.6 Å². The van der Waals surface area contributed by atoms with E-state index in [1.165, 1.54) is 11.8 Å². The second kappa shape index (κ2) is 15.3. The Hall–Kier alpha value is -6.68. The molecule has 0 saturated carbocycles. The average molecular weight is 703 g/mol. The Morgan fingerprint density at radius 2 is 1.25 bits per heavy atom. The number of ether oxygens (including phenoxy) is 2. The van der Waals surface area contributed by atoms with Crippen LogP contribution >= 0.6 is 0 Å². The van der Waals surface area contributed by atoms with Gasteiger partial charge in [0.2, 0.25) is 5.82 Å². The summed E-state index contributed by atoms with van der Waals surface area (Å²) in [6.07, 6.45) is 0.350. The van der Waals surface area contributed by atoms with Crippen LogP contribution in [-0.2, 0) is 32.8 Å². The molecule has 10 nitrogen and oxygen atoms in total. The summed E-state index contributed by atoms with van der Waals surface area (Å²) >= 11 is 0. The van der Waals surface area contributed by atoms with E-state index >= 15 is 0 Å². The quantitative estimate of drug-likeness (QED) is 0.0964. The number of tetrazole rings is 1. The number of methoxy groups -OCH3 is 1. The topological polar surface area (TPSA) is 114 Å². The second-order valence-electron chi connectivity index (χ2n) is 12.5. The van der Waals surface area contributed by atoms with E-state index in [1.807, 2.05) is 103 Å². The molecule has 7 aromatic rings. The van der Waals surface area contributed by atoms with Crippen molar-refractivity contribution in [3.63, 3.8) is 0 Å². The van der Waals surface area contributed by atoms with Gasteiger partial charge in [-0.15, -0.1) is 15.0 Å². The van der Waals surface area contributed by atoms with Crippen LogP contribution in [0.2, 0.25) is 0 Å². The van der Waals surface area contributed by atoms with Crippen molar-refractivity contribution in [2.75, 3.05) is 13.7 Å². The highest BCUT2D eigenvalue weighted by molar-refractivity contribution is 5.92. The highest BCUT2D eigenvalue weighted by atomic mass is 16.5. The molecule has 264 valence electrons. The third kappa shape index (κ3) is 6.74. The molecule has 0 atom stereocenters. The maximum atomic E-state index is 12.8. The van der Waals surface area contributed by atoms with E-state index in [1.54, 1.807) is 18.6 Å². The molecule has 0 unspecified atom stereocenters. The third-order valence-electron chi connectivity index (χ3n) is 9.30. The van der Waals surface area contributed by atoms with Gasteiger partial charge in [0.15, 0.2) is 5.54 Å². The molecule has 7 rings (SSSR count). The third-order valence-corrected chi connectivity index (χ3v) is 9.30. The summed E-state index contributed by atoms with van der Waals surface area (Å²) in [4.78, 5) is 26.9. The van der Waals surface area contributed by atoms with E-state index < -0.39 is 17.5 Å². The monoisotopic (exact) mass is 702 g/mol. The van der Waals surface area contributed by atoms with Crippen LogP contribution in [0.1, 0.15) is 50.9 Å². The lowest BCUT2D eigenvalue weighted by molar-refractivity contribution is -0.144. The summed E-state index contributed by atoms with van der Waals surface area (Å²) in [5.74, 6) is -0.453. The van der Waals surface area contributed by atoms with Crippen LogP contribution in [0, 0.1) is 6.92 Å². The number of carbonyl (C=O) groups is 2. The number of carbonyl (C=O) groups excluding carboxylic acids is 2. The van der Waals surface area contributed by atoms with Gasteiger partial charge in [-0.2, -0.15) is 5.10 Å². The minimum absolute atomic E-state index is 0.111. The van der Waals surface area contributed by atoms with Gasteiger partial charge in [0.25, 0.3) is 0 Å².